The second-order valence-electron chi connectivity index (χ2n) is 6.89. The molecule has 6 heteroatoms. The van der Waals surface area contributed by atoms with Crippen LogP contribution in [0.15, 0.2) is 4.52 Å². The molecule has 2 fully saturated rings. The van der Waals surface area contributed by atoms with E-state index < -0.39 is 0 Å². The Kier molecular flexibility index (Phi) is 4.73. The van der Waals surface area contributed by atoms with Gasteiger partial charge in [-0.15, -0.1) is 0 Å². The number of rotatable bonds is 3. The van der Waals surface area contributed by atoms with Crippen molar-refractivity contribution in [1.82, 2.24) is 15.0 Å². The third-order valence-corrected chi connectivity index (χ3v) is 5.43. The fraction of sp³-hybridized carbons (Fsp3) is 0.765. The summed E-state index contributed by atoms with van der Waals surface area (Å²) in [5, 5.41) is 14.0. The molecule has 1 aliphatic carbocycles. The Morgan fingerprint density at radius 1 is 1.26 bits per heavy atom. The van der Waals surface area contributed by atoms with Crippen LogP contribution in [0.3, 0.4) is 0 Å². The number of amides is 1. The van der Waals surface area contributed by atoms with E-state index in [1.54, 1.807) is 0 Å². The lowest BCUT2D eigenvalue weighted by Crippen LogP contribution is -2.54. The van der Waals surface area contributed by atoms with Crippen molar-refractivity contribution in [2.75, 3.05) is 26.2 Å². The van der Waals surface area contributed by atoms with Crippen LogP contribution in [0.5, 0.6) is 0 Å². The minimum Gasteiger partial charge on any atom is -0.391 e. The summed E-state index contributed by atoms with van der Waals surface area (Å²) < 4.78 is 5.19. The average molecular weight is 321 g/mol. The number of aliphatic hydroxyl groups excluding tert-OH is 1. The zero-order chi connectivity index (χ0) is 16.6. The first kappa shape index (κ1) is 16.5. The number of carbonyl (C=O) groups is 1. The third kappa shape index (κ3) is 3.15. The molecule has 2 aliphatic rings. The lowest BCUT2D eigenvalue weighted by Gasteiger charge is -2.39. The average Bonchev–Trinajstić information content (AvgIpc) is 3.12. The standard InChI is InChI=1S/C17H27N3O3/c1-11(16-12(2)18-23-13(16)3)17(22)20-9-7-19(8-10-20)14-5-4-6-15(14)21/h11,14-15,21H,4-10H2,1-3H3/t11-,14-,15+/m0/s1. The van der Waals surface area contributed by atoms with Crippen molar-refractivity contribution in [2.24, 2.45) is 0 Å². The number of nitrogens with zero attached hydrogens (tertiary/aromatic N) is 3. The van der Waals surface area contributed by atoms with Crippen LogP contribution in [0.2, 0.25) is 0 Å². The van der Waals surface area contributed by atoms with Crippen LogP contribution in [-0.4, -0.2) is 64.3 Å². The summed E-state index contributed by atoms with van der Waals surface area (Å²) >= 11 is 0. The molecule has 1 aliphatic heterocycles. The Bertz CT molecular complexity index is 544. The summed E-state index contributed by atoms with van der Waals surface area (Å²) in [6.45, 7) is 8.84. The van der Waals surface area contributed by atoms with E-state index >= 15 is 0 Å². The van der Waals surface area contributed by atoms with Gasteiger partial charge in [0.05, 0.1) is 17.7 Å². The maximum absolute atomic E-state index is 12.8. The molecule has 3 rings (SSSR count). The molecule has 0 radical (unpaired) electrons. The van der Waals surface area contributed by atoms with Gasteiger partial charge in [-0.2, -0.15) is 0 Å². The van der Waals surface area contributed by atoms with Gasteiger partial charge in [-0.3, -0.25) is 9.69 Å². The smallest absolute Gasteiger partial charge is 0.230 e. The van der Waals surface area contributed by atoms with Gasteiger partial charge < -0.3 is 14.5 Å². The van der Waals surface area contributed by atoms with Crippen LogP contribution >= 0.6 is 0 Å². The Morgan fingerprint density at radius 3 is 2.48 bits per heavy atom. The number of hydrogen-bond acceptors (Lipinski definition) is 5. The van der Waals surface area contributed by atoms with E-state index in [-0.39, 0.29) is 24.0 Å². The summed E-state index contributed by atoms with van der Waals surface area (Å²) in [4.78, 5) is 17.1. The van der Waals surface area contributed by atoms with E-state index in [2.05, 4.69) is 10.1 Å². The first-order chi connectivity index (χ1) is 11.0. The summed E-state index contributed by atoms with van der Waals surface area (Å²) in [5.41, 5.74) is 1.72. The van der Waals surface area contributed by atoms with Crippen molar-refractivity contribution in [3.05, 3.63) is 17.0 Å². The predicted octanol–water partition coefficient (Wildman–Crippen LogP) is 1.45. The molecule has 23 heavy (non-hydrogen) atoms. The SMILES string of the molecule is Cc1noc(C)c1[C@H](C)C(=O)N1CCN([C@H]2CCC[C@H]2O)CC1. The quantitative estimate of drug-likeness (QED) is 0.912. The summed E-state index contributed by atoms with van der Waals surface area (Å²) in [7, 11) is 0. The van der Waals surface area contributed by atoms with Gasteiger partial charge in [0.15, 0.2) is 0 Å². The molecule has 1 amide bonds. The summed E-state index contributed by atoms with van der Waals surface area (Å²) in [6.07, 6.45) is 2.89. The molecule has 1 N–H and O–H groups in total. The Morgan fingerprint density at radius 2 is 1.96 bits per heavy atom. The van der Waals surface area contributed by atoms with Gasteiger partial charge >= 0.3 is 0 Å². The van der Waals surface area contributed by atoms with Crippen LogP contribution in [0.25, 0.3) is 0 Å². The monoisotopic (exact) mass is 321 g/mol. The fourth-order valence-corrected chi connectivity index (χ4v) is 4.13. The molecule has 1 saturated carbocycles. The zero-order valence-electron chi connectivity index (χ0n) is 14.3. The normalized spacial score (nSPS) is 27.4. The number of carbonyl (C=O) groups excluding carboxylic acids is 1. The van der Waals surface area contributed by atoms with E-state index in [0.717, 1.165) is 62.5 Å². The van der Waals surface area contributed by atoms with Gasteiger partial charge in [0.2, 0.25) is 5.91 Å². The van der Waals surface area contributed by atoms with Crippen molar-refractivity contribution in [1.29, 1.82) is 0 Å². The second-order valence-corrected chi connectivity index (χ2v) is 6.89. The maximum Gasteiger partial charge on any atom is 0.230 e. The molecule has 1 aromatic heterocycles. The summed E-state index contributed by atoms with van der Waals surface area (Å²) in [5.74, 6) is 0.659. The molecule has 1 saturated heterocycles. The van der Waals surface area contributed by atoms with E-state index in [1.165, 1.54) is 0 Å². The number of aromatic nitrogens is 1. The van der Waals surface area contributed by atoms with Crippen LogP contribution in [0.1, 0.15) is 49.1 Å². The first-order valence-corrected chi connectivity index (χ1v) is 8.62. The lowest BCUT2D eigenvalue weighted by molar-refractivity contribution is -0.134. The third-order valence-electron chi connectivity index (χ3n) is 5.43. The highest BCUT2D eigenvalue weighted by molar-refractivity contribution is 5.84. The van der Waals surface area contributed by atoms with Crippen molar-refractivity contribution in [3.63, 3.8) is 0 Å². The zero-order valence-corrected chi connectivity index (χ0v) is 14.3. The fourth-order valence-electron chi connectivity index (χ4n) is 4.13. The molecule has 1 aromatic rings. The molecule has 3 atom stereocenters. The molecule has 0 aromatic carbocycles. The van der Waals surface area contributed by atoms with Crippen LogP contribution in [0, 0.1) is 13.8 Å². The number of piperazine rings is 1. The first-order valence-electron chi connectivity index (χ1n) is 8.62. The van der Waals surface area contributed by atoms with Gasteiger partial charge in [0.1, 0.15) is 5.76 Å². The minimum absolute atomic E-state index is 0.144. The highest BCUT2D eigenvalue weighted by Gasteiger charge is 2.34. The second kappa shape index (κ2) is 6.61. The largest absolute Gasteiger partial charge is 0.391 e. The predicted molar refractivity (Wildman–Crippen MR) is 86.2 cm³/mol. The van der Waals surface area contributed by atoms with E-state index in [9.17, 15) is 9.90 Å². The molecule has 0 bridgehead atoms. The van der Waals surface area contributed by atoms with Crippen LogP contribution in [-0.2, 0) is 4.79 Å². The minimum atomic E-state index is -0.218. The van der Waals surface area contributed by atoms with E-state index in [1.807, 2.05) is 25.7 Å². The van der Waals surface area contributed by atoms with Gasteiger partial charge in [-0.1, -0.05) is 5.16 Å². The molecule has 0 unspecified atom stereocenters. The van der Waals surface area contributed by atoms with E-state index in [0.29, 0.717) is 0 Å². The topological polar surface area (TPSA) is 69.8 Å². The number of aryl methyl sites for hydroxylation is 2. The Balaban J connectivity index is 1.60. The van der Waals surface area contributed by atoms with E-state index in [4.69, 9.17) is 4.52 Å². The van der Waals surface area contributed by atoms with Crippen molar-refractivity contribution in [3.8, 4) is 0 Å². The molecular weight excluding hydrogens is 294 g/mol. The highest BCUT2D eigenvalue weighted by Crippen LogP contribution is 2.27. The molecule has 128 valence electrons. The maximum atomic E-state index is 12.8. The van der Waals surface area contributed by atoms with Gasteiger partial charge in [0.25, 0.3) is 0 Å². The van der Waals surface area contributed by atoms with Gasteiger partial charge in [-0.05, 0) is 40.0 Å². The molecular formula is C17H27N3O3. The molecule has 6 nitrogen and oxygen atoms in total. The number of hydrogen-bond donors (Lipinski definition) is 1. The Hall–Kier alpha value is -1.40. The summed E-state index contributed by atoms with van der Waals surface area (Å²) in [6, 6.07) is 0.284. The van der Waals surface area contributed by atoms with Gasteiger partial charge in [0, 0.05) is 37.8 Å². The van der Waals surface area contributed by atoms with Crippen molar-refractivity contribution >= 4 is 5.91 Å². The highest BCUT2D eigenvalue weighted by atomic mass is 16.5. The van der Waals surface area contributed by atoms with Gasteiger partial charge in [-0.25, -0.2) is 0 Å². The number of aliphatic hydroxyl groups is 1. The van der Waals surface area contributed by atoms with Crippen molar-refractivity contribution in [2.45, 2.75) is 58.1 Å². The molecule has 2 heterocycles. The van der Waals surface area contributed by atoms with Crippen molar-refractivity contribution < 1.29 is 14.4 Å². The van der Waals surface area contributed by atoms with Crippen LogP contribution in [0.4, 0.5) is 0 Å². The van der Waals surface area contributed by atoms with Crippen LogP contribution < -0.4 is 0 Å². The lowest BCUT2D eigenvalue weighted by atomic mass is 9.97. The Labute approximate surface area is 137 Å². The molecule has 0 spiro atoms.